The van der Waals surface area contributed by atoms with Gasteiger partial charge in [-0.05, 0) is 50.5 Å². The predicted octanol–water partition coefficient (Wildman–Crippen LogP) is 4.22. The summed E-state index contributed by atoms with van der Waals surface area (Å²) in [5, 5.41) is 0. The summed E-state index contributed by atoms with van der Waals surface area (Å²) >= 11 is 0. The van der Waals surface area contributed by atoms with Crippen LogP contribution in [0, 0.1) is 12.7 Å². The molecule has 9 nitrogen and oxygen atoms in total. The fraction of sp³-hybridized carbons (Fsp3) is 0.320. The van der Waals surface area contributed by atoms with Crippen LogP contribution in [0.3, 0.4) is 0 Å². The van der Waals surface area contributed by atoms with E-state index in [0.717, 1.165) is 22.9 Å². The van der Waals surface area contributed by atoms with Gasteiger partial charge in [-0.15, -0.1) is 0 Å². The van der Waals surface area contributed by atoms with Crippen molar-refractivity contribution < 1.29 is 13.9 Å². The van der Waals surface area contributed by atoms with Crippen molar-refractivity contribution in [1.29, 1.82) is 0 Å². The second kappa shape index (κ2) is 8.30. The van der Waals surface area contributed by atoms with Crippen LogP contribution in [0.25, 0.3) is 22.6 Å². The van der Waals surface area contributed by atoms with E-state index < -0.39 is 11.4 Å². The van der Waals surface area contributed by atoms with Crippen LogP contribution in [0.5, 0.6) is 0 Å². The van der Waals surface area contributed by atoms with Crippen molar-refractivity contribution in [2.24, 2.45) is 0 Å². The average molecular weight is 476 g/mol. The Hall–Kier alpha value is -4.08. The van der Waals surface area contributed by atoms with Crippen LogP contribution in [0.1, 0.15) is 43.3 Å². The van der Waals surface area contributed by atoms with E-state index in [1.807, 2.05) is 37.5 Å². The highest BCUT2D eigenvalue weighted by molar-refractivity contribution is 5.85. The minimum Gasteiger partial charge on any atom is -0.444 e. The van der Waals surface area contributed by atoms with Crippen molar-refractivity contribution >= 4 is 23.1 Å². The van der Waals surface area contributed by atoms with E-state index in [-0.39, 0.29) is 11.9 Å². The Morgan fingerprint density at radius 1 is 1.11 bits per heavy atom. The number of nitrogens with two attached hydrogens (primary N) is 1. The Bertz CT molecular complexity index is 1460. The zero-order chi connectivity index (χ0) is 24.9. The monoisotopic (exact) mass is 475 g/mol. The number of carbonyl (C=O) groups excluding carboxylic acids is 1. The number of hydrogen-bond donors (Lipinski definition) is 1. The molecule has 0 saturated heterocycles. The molecule has 5 rings (SSSR count). The lowest BCUT2D eigenvalue weighted by molar-refractivity contribution is 0.0242. The summed E-state index contributed by atoms with van der Waals surface area (Å²) in [7, 11) is 0. The maximum absolute atomic E-state index is 14.0. The average Bonchev–Trinajstić information content (AvgIpc) is 3.35. The molecule has 1 aliphatic rings. The molecule has 1 aromatic carbocycles. The fourth-order valence-electron chi connectivity index (χ4n) is 4.22. The number of carbonyl (C=O) groups is 1. The third-order valence-electron chi connectivity index (χ3n) is 5.68. The minimum atomic E-state index is -0.552. The second-order valence-corrected chi connectivity index (χ2v) is 9.68. The number of halogens is 1. The number of pyridine rings is 1. The topological polar surface area (TPSA) is 112 Å². The molecule has 2 N–H and O–H groups in total. The van der Waals surface area contributed by atoms with Gasteiger partial charge >= 0.3 is 6.09 Å². The first-order valence-corrected chi connectivity index (χ1v) is 11.3. The number of nitrogens with zero attached hydrogens (tertiary/aromatic N) is 6. The number of nitrogen functional groups attached to an aromatic ring is 1. The number of imidazole rings is 1. The molecular weight excluding hydrogens is 449 g/mol. The molecule has 3 aromatic heterocycles. The van der Waals surface area contributed by atoms with Gasteiger partial charge in [0.2, 0.25) is 0 Å². The van der Waals surface area contributed by atoms with E-state index in [4.69, 9.17) is 10.5 Å². The van der Waals surface area contributed by atoms with Gasteiger partial charge in [0.05, 0.1) is 12.7 Å². The van der Waals surface area contributed by atoms with E-state index in [1.54, 1.807) is 18.0 Å². The van der Waals surface area contributed by atoms with Crippen LogP contribution in [-0.4, -0.2) is 41.1 Å². The van der Waals surface area contributed by atoms with Gasteiger partial charge in [-0.2, -0.15) is 0 Å². The zero-order valence-electron chi connectivity index (χ0n) is 20.0. The molecule has 0 aliphatic carbocycles. The fourth-order valence-corrected chi connectivity index (χ4v) is 4.22. The lowest BCUT2D eigenvalue weighted by Crippen LogP contribution is -2.33. The lowest BCUT2D eigenvalue weighted by atomic mass is 10.1. The molecule has 0 radical (unpaired) electrons. The Morgan fingerprint density at radius 3 is 2.63 bits per heavy atom. The van der Waals surface area contributed by atoms with E-state index >= 15 is 0 Å². The van der Waals surface area contributed by atoms with Crippen LogP contribution in [-0.2, 0) is 24.4 Å². The minimum absolute atomic E-state index is 0.263. The second-order valence-electron chi connectivity index (χ2n) is 9.68. The predicted molar refractivity (Wildman–Crippen MR) is 129 cm³/mol. The van der Waals surface area contributed by atoms with Crippen LogP contribution >= 0.6 is 0 Å². The number of anilines is 1. The summed E-state index contributed by atoms with van der Waals surface area (Å²) in [6, 6.07) is 7.47. The van der Waals surface area contributed by atoms with Gasteiger partial charge in [0, 0.05) is 24.8 Å². The summed E-state index contributed by atoms with van der Waals surface area (Å²) < 4.78 is 21.4. The first kappa shape index (κ1) is 22.7. The summed E-state index contributed by atoms with van der Waals surface area (Å²) in [5.74, 6) is 0.812. The zero-order valence-corrected chi connectivity index (χ0v) is 20.0. The van der Waals surface area contributed by atoms with Crippen LogP contribution < -0.4 is 5.73 Å². The number of ether oxygens (including phenoxy) is 1. The van der Waals surface area contributed by atoms with Gasteiger partial charge in [-0.3, -0.25) is 9.88 Å². The van der Waals surface area contributed by atoms with Crippen LogP contribution in [0.4, 0.5) is 15.0 Å². The maximum Gasteiger partial charge on any atom is 0.410 e. The van der Waals surface area contributed by atoms with Gasteiger partial charge in [-0.25, -0.2) is 24.1 Å². The molecule has 0 spiro atoms. The molecule has 0 fully saturated rings. The number of aryl methyl sites for hydroxylation is 1. The Kier molecular flexibility index (Phi) is 5.38. The smallest absolute Gasteiger partial charge is 0.410 e. The molecule has 1 amide bonds. The normalized spacial score (nSPS) is 13.3. The van der Waals surface area contributed by atoms with Crippen LogP contribution in [0.2, 0.25) is 0 Å². The number of aromatic nitrogens is 5. The maximum atomic E-state index is 14.0. The molecule has 0 bridgehead atoms. The van der Waals surface area contributed by atoms with E-state index in [9.17, 15) is 9.18 Å². The van der Waals surface area contributed by atoms with Crippen molar-refractivity contribution in [3.05, 3.63) is 65.0 Å². The summed E-state index contributed by atoms with van der Waals surface area (Å²) in [6.07, 6.45) is 2.36. The molecule has 4 heterocycles. The number of fused-ring (bicyclic) bond motifs is 2. The number of hydrogen-bond acceptors (Lipinski definition) is 7. The largest absolute Gasteiger partial charge is 0.444 e. The third kappa shape index (κ3) is 4.51. The van der Waals surface area contributed by atoms with Crippen molar-refractivity contribution in [2.75, 3.05) is 5.73 Å². The van der Waals surface area contributed by atoms with Crippen molar-refractivity contribution in [3.63, 3.8) is 0 Å². The molecule has 180 valence electrons. The lowest BCUT2D eigenvalue weighted by Gasteiger charge is -2.24. The Balaban J connectivity index is 1.51. The van der Waals surface area contributed by atoms with Crippen molar-refractivity contribution in [2.45, 2.75) is 52.9 Å². The summed E-state index contributed by atoms with van der Waals surface area (Å²) in [5.41, 5.74) is 10.2. The first-order valence-electron chi connectivity index (χ1n) is 11.3. The van der Waals surface area contributed by atoms with Crippen LogP contribution in [0.15, 0.2) is 36.7 Å². The van der Waals surface area contributed by atoms with Gasteiger partial charge < -0.3 is 15.0 Å². The molecule has 0 unspecified atom stereocenters. The SMILES string of the molecule is Cc1nc(N)c2nc(-c3cncc(F)c3)n(Cc3ccc4c(c3)CN(C(=O)OC(C)(C)C)C4)c2n1. The standard InChI is InChI=1S/C25H26FN7O2/c1-14-29-21(27)20-23(30-14)33(22(31-20)17-8-19(26)10-28-9-17)11-15-5-6-16-12-32(13-18(16)7-15)24(34)35-25(2,3)4/h5-10H,11-13H2,1-4H3,(H2,27,29,30). The number of amides is 1. The first-order chi connectivity index (χ1) is 16.6. The van der Waals surface area contributed by atoms with Gasteiger partial charge in [0.1, 0.15) is 23.1 Å². The Labute approximate surface area is 201 Å². The van der Waals surface area contributed by atoms with Gasteiger partial charge in [0.15, 0.2) is 17.0 Å². The summed E-state index contributed by atoms with van der Waals surface area (Å²) in [4.78, 5) is 31.6. The summed E-state index contributed by atoms with van der Waals surface area (Å²) in [6.45, 7) is 8.71. The highest BCUT2D eigenvalue weighted by Gasteiger charge is 2.28. The van der Waals surface area contributed by atoms with E-state index in [0.29, 0.717) is 48.0 Å². The highest BCUT2D eigenvalue weighted by Crippen LogP contribution is 2.30. The van der Waals surface area contributed by atoms with Crippen molar-refractivity contribution in [1.82, 2.24) is 29.4 Å². The molecule has 4 aromatic rings. The molecule has 0 saturated carbocycles. The van der Waals surface area contributed by atoms with Crippen molar-refractivity contribution in [3.8, 4) is 11.4 Å². The molecule has 1 aliphatic heterocycles. The highest BCUT2D eigenvalue weighted by atomic mass is 19.1. The van der Waals surface area contributed by atoms with E-state index in [2.05, 4.69) is 26.0 Å². The van der Waals surface area contributed by atoms with Gasteiger partial charge in [-0.1, -0.05) is 18.2 Å². The molecular formula is C25H26FN7O2. The number of rotatable bonds is 3. The van der Waals surface area contributed by atoms with Gasteiger partial charge in [0.25, 0.3) is 0 Å². The molecule has 35 heavy (non-hydrogen) atoms. The number of benzene rings is 1. The third-order valence-corrected chi connectivity index (χ3v) is 5.68. The Morgan fingerprint density at radius 2 is 1.89 bits per heavy atom. The molecule has 0 atom stereocenters. The van der Waals surface area contributed by atoms with E-state index in [1.165, 1.54) is 6.07 Å². The molecule has 10 heteroatoms. The quantitative estimate of drug-likeness (QED) is 0.472.